The number of carbonyl (C=O) groups excluding carboxylic acids is 1. The van der Waals surface area contributed by atoms with Crippen LogP contribution >= 0.6 is 0 Å². The molecule has 2 atom stereocenters. The Morgan fingerprint density at radius 2 is 2.16 bits per heavy atom. The summed E-state index contributed by atoms with van der Waals surface area (Å²) in [6.07, 6.45) is 6.11. The van der Waals surface area contributed by atoms with Crippen LogP contribution in [0.2, 0.25) is 0 Å². The summed E-state index contributed by atoms with van der Waals surface area (Å²) < 4.78 is 1.81. The highest BCUT2D eigenvalue weighted by atomic mass is 16.4. The van der Waals surface area contributed by atoms with Gasteiger partial charge in [-0.1, -0.05) is 0 Å². The minimum atomic E-state index is -0.842. The Kier molecular flexibility index (Phi) is 2.80. The van der Waals surface area contributed by atoms with Crippen LogP contribution < -0.4 is 0 Å². The number of aliphatic carboxylic acids is 1. The van der Waals surface area contributed by atoms with Gasteiger partial charge in [-0.25, -0.2) is 4.98 Å². The van der Waals surface area contributed by atoms with Gasteiger partial charge in [-0.15, -0.1) is 0 Å². The molecule has 1 aromatic rings. The molecule has 0 bridgehead atoms. The highest BCUT2D eigenvalue weighted by Gasteiger charge is 2.47. The lowest BCUT2D eigenvalue weighted by Crippen LogP contribution is -2.47. The maximum absolute atomic E-state index is 12.2. The average molecular weight is 263 g/mol. The molecule has 6 nitrogen and oxygen atoms in total. The van der Waals surface area contributed by atoms with Gasteiger partial charge in [0.05, 0.1) is 5.92 Å². The number of aromatic nitrogens is 2. The van der Waals surface area contributed by atoms with E-state index in [-0.39, 0.29) is 11.9 Å². The number of carboxylic acids is 1. The normalized spacial score (nSPS) is 27.6. The number of hydrogen-bond donors (Lipinski definition) is 1. The fourth-order valence-electron chi connectivity index (χ4n) is 2.92. The number of likely N-dealkylation sites (tertiary alicyclic amines) is 1. The molecular formula is C13H17N3O3. The summed E-state index contributed by atoms with van der Waals surface area (Å²) in [5, 5.41) is 9.43. The number of amides is 1. The predicted molar refractivity (Wildman–Crippen MR) is 66.2 cm³/mol. The zero-order valence-electron chi connectivity index (χ0n) is 10.8. The minimum Gasteiger partial charge on any atom is -0.481 e. The van der Waals surface area contributed by atoms with E-state index in [2.05, 4.69) is 4.98 Å². The Labute approximate surface area is 111 Å². The minimum absolute atomic E-state index is 0.0630. The number of hydrogen-bond acceptors (Lipinski definition) is 3. The molecule has 19 heavy (non-hydrogen) atoms. The molecule has 1 aliphatic heterocycles. The van der Waals surface area contributed by atoms with E-state index in [1.165, 1.54) is 0 Å². The van der Waals surface area contributed by atoms with E-state index in [1.807, 2.05) is 11.6 Å². The molecule has 1 saturated heterocycles. The van der Waals surface area contributed by atoms with Gasteiger partial charge in [0.25, 0.3) is 0 Å². The average Bonchev–Trinajstić information content (AvgIpc) is 3.10. The predicted octanol–water partition coefficient (Wildman–Crippen LogP) is 0.947. The second-order valence-corrected chi connectivity index (χ2v) is 5.36. The molecule has 1 amide bonds. The van der Waals surface area contributed by atoms with E-state index in [0.717, 1.165) is 12.8 Å². The summed E-state index contributed by atoms with van der Waals surface area (Å²) in [6.45, 7) is 0. The lowest BCUT2D eigenvalue weighted by atomic mass is 9.88. The SMILES string of the molecule is Cn1ccnc1C1C(C(=O)O)CCC(=O)N1C1CC1. The molecule has 1 saturated carbocycles. The summed E-state index contributed by atoms with van der Waals surface area (Å²) in [5.41, 5.74) is 0. The second-order valence-electron chi connectivity index (χ2n) is 5.36. The van der Waals surface area contributed by atoms with Crippen LogP contribution in [0.15, 0.2) is 12.4 Å². The maximum Gasteiger partial charge on any atom is 0.309 e. The fraction of sp³-hybridized carbons (Fsp3) is 0.615. The maximum atomic E-state index is 12.2. The first-order valence-electron chi connectivity index (χ1n) is 6.60. The van der Waals surface area contributed by atoms with Gasteiger partial charge in [0.2, 0.25) is 5.91 Å². The van der Waals surface area contributed by atoms with Gasteiger partial charge >= 0.3 is 5.97 Å². The van der Waals surface area contributed by atoms with Gasteiger partial charge in [-0.3, -0.25) is 9.59 Å². The van der Waals surface area contributed by atoms with Crippen LogP contribution in [0.4, 0.5) is 0 Å². The van der Waals surface area contributed by atoms with Crippen LogP contribution in [0.1, 0.15) is 37.5 Å². The Morgan fingerprint density at radius 3 is 2.68 bits per heavy atom. The molecule has 2 unspecified atom stereocenters. The van der Waals surface area contributed by atoms with Gasteiger partial charge in [-0.05, 0) is 19.3 Å². The fourth-order valence-corrected chi connectivity index (χ4v) is 2.92. The number of piperidine rings is 1. The number of carboxylic acid groups (broad SMARTS) is 1. The summed E-state index contributed by atoms with van der Waals surface area (Å²) in [7, 11) is 1.84. The molecule has 102 valence electrons. The van der Waals surface area contributed by atoms with Gasteiger partial charge in [0.1, 0.15) is 11.9 Å². The number of aryl methyl sites for hydroxylation is 1. The monoisotopic (exact) mass is 263 g/mol. The van der Waals surface area contributed by atoms with E-state index >= 15 is 0 Å². The molecule has 1 aromatic heterocycles. The zero-order chi connectivity index (χ0) is 13.6. The quantitative estimate of drug-likeness (QED) is 0.880. The third kappa shape index (κ3) is 2.01. The topological polar surface area (TPSA) is 75.4 Å². The first-order valence-corrected chi connectivity index (χ1v) is 6.60. The Bertz CT molecular complexity index is 521. The Hall–Kier alpha value is -1.85. The van der Waals surface area contributed by atoms with Crippen LogP contribution in [-0.4, -0.2) is 37.5 Å². The third-order valence-electron chi connectivity index (χ3n) is 4.02. The lowest BCUT2D eigenvalue weighted by Gasteiger charge is -2.39. The van der Waals surface area contributed by atoms with Crippen molar-refractivity contribution in [2.45, 2.75) is 37.8 Å². The van der Waals surface area contributed by atoms with Crippen molar-refractivity contribution in [2.75, 3.05) is 0 Å². The van der Waals surface area contributed by atoms with E-state index in [0.29, 0.717) is 18.7 Å². The number of carbonyl (C=O) groups is 2. The van der Waals surface area contributed by atoms with Crippen LogP contribution in [0.5, 0.6) is 0 Å². The summed E-state index contributed by atoms with van der Waals surface area (Å²) in [4.78, 5) is 29.7. The summed E-state index contributed by atoms with van der Waals surface area (Å²) >= 11 is 0. The Balaban J connectivity index is 2.02. The van der Waals surface area contributed by atoms with Crippen molar-refractivity contribution in [3.8, 4) is 0 Å². The molecule has 0 radical (unpaired) electrons. The van der Waals surface area contributed by atoms with Crippen LogP contribution in [0, 0.1) is 5.92 Å². The van der Waals surface area contributed by atoms with Crippen LogP contribution in [0.3, 0.4) is 0 Å². The first kappa shape index (κ1) is 12.2. The van der Waals surface area contributed by atoms with Crippen molar-refractivity contribution in [1.29, 1.82) is 0 Å². The van der Waals surface area contributed by atoms with E-state index in [1.54, 1.807) is 17.3 Å². The van der Waals surface area contributed by atoms with Crippen LogP contribution in [-0.2, 0) is 16.6 Å². The molecular weight excluding hydrogens is 246 g/mol. The van der Waals surface area contributed by atoms with E-state index in [4.69, 9.17) is 0 Å². The Morgan fingerprint density at radius 1 is 1.42 bits per heavy atom. The van der Waals surface area contributed by atoms with Crippen molar-refractivity contribution < 1.29 is 14.7 Å². The van der Waals surface area contributed by atoms with Crippen LogP contribution in [0.25, 0.3) is 0 Å². The van der Waals surface area contributed by atoms with Gasteiger partial charge in [-0.2, -0.15) is 0 Å². The molecule has 0 spiro atoms. The van der Waals surface area contributed by atoms with E-state index < -0.39 is 17.9 Å². The smallest absolute Gasteiger partial charge is 0.309 e. The molecule has 6 heteroatoms. The van der Waals surface area contributed by atoms with Gasteiger partial charge in [0, 0.05) is 31.9 Å². The molecule has 0 aromatic carbocycles. The largest absolute Gasteiger partial charge is 0.481 e. The zero-order valence-corrected chi connectivity index (χ0v) is 10.8. The highest BCUT2D eigenvalue weighted by molar-refractivity contribution is 5.82. The molecule has 1 N–H and O–H groups in total. The first-order chi connectivity index (χ1) is 9.09. The molecule has 2 fully saturated rings. The standard InChI is InChI=1S/C13H17N3O3/c1-15-7-6-14-12(15)11-9(13(18)19)4-5-10(17)16(11)8-2-3-8/h6-9,11H,2-5H2,1H3,(H,18,19). The third-order valence-corrected chi connectivity index (χ3v) is 4.02. The highest BCUT2D eigenvalue weighted by Crippen LogP contribution is 2.42. The summed E-state index contributed by atoms with van der Waals surface area (Å²) in [5.74, 6) is -0.661. The number of nitrogens with zero attached hydrogens (tertiary/aromatic N) is 3. The lowest BCUT2D eigenvalue weighted by molar-refractivity contribution is -0.153. The van der Waals surface area contributed by atoms with Crippen molar-refractivity contribution in [2.24, 2.45) is 13.0 Å². The van der Waals surface area contributed by atoms with Crippen molar-refractivity contribution in [3.05, 3.63) is 18.2 Å². The van der Waals surface area contributed by atoms with Crippen molar-refractivity contribution in [3.63, 3.8) is 0 Å². The van der Waals surface area contributed by atoms with E-state index in [9.17, 15) is 14.7 Å². The summed E-state index contributed by atoms with van der Waals surface area (Å²) in [6, 6.07) is -0.220. The van der Waals surface area contributed by atoms with Crippen molar-refractivity contribution in [1.82, 2.24) is 14.5 Å². The number of rotatable bonds is 3. The number of imidazole rings is 1. The van der Waals surface area contributed by atoms with Gasteiger partial charge in [0.15, 0.2) is 0 Å². The second kappa shape index (κ2) is 4.36. The van der Waals surface area contributed by atoms with Gasteiger partial charge < -0.3 is 14.6 Å². The molecule has 2 aliphatic rings. The molecule has 1 aliphatic carbocycles. The molecule has 2 heterocycles. The molecule has 3 rings (SSSR count). The van der Waals surface area contributed by atoms with Crippen molar-refractivity contribution >= 4 is 11.9 Å².